The van der Waals surface area contributed by atoms with Gasteiger partial charge in [0.1, 0.15) is 5.75 Å². The average molecular weight is 318 g/mol. The SMILES string of the molecule is CCOc1ccc(/C=N\n2c(C(CC)CC)n[nH]c2=S)cc1. The van der Waals surface area contributed by atoms with Crippen molar-refractivity contribution in [2.24, 2.45) is 5.10 Å². The van der Waals surface area contributed by atoms with Crippen LogP contribution in [0.4, 0.5) is 0 Å². The molecule has 22 heavy (non-hydrogen) atoms. The number of ether oxygens (including phenoxy) is 1. The Labute approximate surface area is 136 Å². The quantitative estimate of drug-likeness (QED) is 0.617. The van der Waals surface area contributed by atoms with E-state index in [1.165, 1.54) is 0 Å². The molecule has 0 aliphatic heterocycles. The average Bonchev–Trinajstić information content (AvgIpc) is 2.89. The van der Waals surface area contributed by atoms with Crippen molar-refractivity contribution < 1.29 is 4.74 Å². The van der Waals surface area contributed by atoms with Gasteiger partial charge in [0.15, 0.2) is 5.82 Å². The highest BCUT2D eigenvalue weighted by atomic mass is 32.1. The number of aromatic amines is 1. The fraction of sp³-hybridized carbons (Fsp3) is 0.438. The van der Waals surface area contributed by atoms with E-state index >= 15 is 0 Å². The third-order valence-corrected chi connectivity index (χ3v) is 3.80. The van der Waals surface area contributed by atoms with Gasteiger partial charge in [-0.05, 0) is 61.8 Å². The molecule has 0 aliphatic carbocycles. The van der Waals surface area contributed by atoms with E-state index in [2.05, 4.69) is 29.1 Å². The van der Waals surface area contributed by atoms with Gasteiger partial charge in [-0.2, -0.15) is 14.9 Å². The minimum atomic E-state index is 0.352. The lowest BCUT2D eigenvalue weighted by molar-refractivity contribution is 0.340. The lowest BCUT2D eigenvalue weighted by atomic mass is 10.0. The van der Waals surface area contributed by atoms with E-state index in [9.17, 15) is 0 Å². The standard InChI is InChI=1S/C16H22N4OS/c1-4-13(5-2)15-18-19-16(22)20(15)17-11-12-7-9-14(10-8-12)21-6-3/h7-11,13H,4-6H2,1-3H3,(H,19,22)/b17-11-. The summed E-state index contributed by atoms with van der Waals surface area (Å²) in [4.78, 5) is 0. The molecule has 1 aromatic heterocycles. The lowest BCUT2D eigenvalue weighted by Gasteiger charge is -2.10. The van der Waals surface area contributed by atoms with Gasteiger partial charge in [-0.15, -0.1) is 0 Å². The second-order valence-electron chi connectivity index (χ2n) is 4.96. The molecule has 6 heteroatoms. The van der Waals surface area contributed by atoms with Gasteiger partial charge in [0, 0.05) is 5.92 Å². The van der Waals surface area contributed by atoms with Gasteiger partial charge < -0.3 is 4.74 Å². The molecule has 0 saturated carbocycles. The minimum Gasteiger partial charge on any atom is -0.494 e. The largest absolute Gasteiger partial charge is 0.494 e. The zero-order valence-corrected chi connectivity index (χ0v) is 14.1. The summed E-state index contributed by atoms with van der Waals surface area (Å²) in [7, 11) is 0. The van der Waals surface area contributed by atoms with Crippen LogP contribution in [0.5, 0.6) is 5.75 Å². The first-order valence-electron chi connectivity index (χ1n) is 7.64. The molecule has 0 spiro atoms. The molecule has 0 saturated heterocycles. The summed E-state index contributed by atoms with van der Waals surface area (Å²) in [6, 6.07) is 7.80. The summed E-state index contributed by atoms with van der Waals surface area (Å²) in [6.07, 6.45) is 3.80. The number of benzene rings is 1. The van der Waals surface area contributed by atoms with Crippen LogP contribution in [-0.2, 0) is 0 Å². The highest BCUT2D eigenvalue weighted by molar-refractivity contribution is 7.71. The van der Waals surface area contributed by atoms with E-state index in [4.69, 9.17) is 17.0 Å². The summed E-state index contributed by atoms with van der Waals surface area (Å²) in [5.74, 6) is 2.10. The normalized spacial score (nSPS) is 11.5. The highest BCUT2D eigenvalue weighted by Gasteiger charge is 2.14. The summed E-state index contributed by atoms with van der Waals surface area (Å²) < 4.78 is 7.66. The summed E-state index contributed by atoms with van der Waals surface area (Å²) in [6.45, 7) is 6.92. The molecule has 1 N–H and O–H groups in total. The van der Waals surface area contributed by atoms with Crippen LogP contribution in [0.25, 0.3) is 0 Å². The van der Waals surface area contributed by atoms with Crippen molar-refractivity contribution in [3.05, 3.63) is 40.4 Å². The number of hydrogen-bond donors (Lipinski definition) is 1. The summed E-state index contributed by atoms with van der Waals surface area (Å²) in [5.41, 5.74) is 0.988. The second kappa shape index (κ2) is 7.89. The number of nitrogens with zero attached hydrogens (tertiary/aromatic N) is 3. The van der Waals surface area contributed by atoms with Gasteiger partial charge in [0.05, 0.1) is 12.8 Å². The molecule has 0 unspecified atom stereocenters. The third-order valence-electron chi connectivity index (χ3n) is 3.54. The van der Waals surface area contributed by atoms with E-state index in [1.807, 2.05) is 31.2 Å². The Balaban J connectivity index is 2.22. The first-order valence-corrected chi connectivity index (χ1v) is 8.04. The summed E-state index contributed by atoms with van der Waals surface area (Å²) >= 11 is 5.27. The molecule has 118 valence electrons. The van der Waals surface area contributed by atoms with Crippen LogP contribution < -0.4 is 4.74 Å². The van der Waals surface area contributed by atoms with Gasteiger partial charge in [0.25, 0.3) is 0 Å². The third kappa shape index (κ3) is 3.82. The number of rotatable bonds is 7. The number of nitrogens with one attached hydrogen (secondary N) is 1. The molecule has 0 radical (unpaired) electrons. The van der Waals surface area contributed by atoms with Crippen molar-refractivity contribution in [3.63, 3.8) is 0 Å². The van der Waals surface area contributed by atoms with Crippen LogP contribution in [0.2, 0.25) is 0 Å². The Morgan fingerprint density at radius 3 is 2.55 bits per heavy atom. The predicted octanol–water partition coefficient (Wildman–Crippen LogP) is 4.13. The second-order valence-corrected chi connectivity index (χ2v) is 5.35. The Morgan fingerprint density at radius 1 is 1.27 bits per heavy atom. The van der Waals surface area contributed by atoms with Crippen LogP contribution in [0.3, 0.4) is 0 Å². The Hall–Kier alpha value is -1.95. The van der Waals surface area contributed by atoms with Gasteiger partial charge in [-0.25, -0.2) is 0 Å². The van der Waals surface area contributed by atoms with Crippen molar-refractivity contribution >= 4 is 18.4 Å². The Kier molecular flexibility index (Phi) is 5.89. The van der Waals surface area contributed by atoms with Crippen LogP contribution in [0.15, 0.2) is 29.4 Å². The van der Waals surface area contributed by atoms with Gasteiger partial charge in [0.2, 0.25) is 4.77 Å². The number of hydrogen-bond acceptors (Lipinski definition) is 4. The van der Waals surface area contributed by atoms with Crippen LogP contribution in [0, 0.1) is 4.77 Å². The van der Waals surface area contributed by atoms with E-state index in [1.54, 1.807) is 10.9 Å². The first kappa shape index (κ1) is 16.4. The monoisotopic (exact) mass is 318 g/mol. The van der Waals surface area contributed by atoms with Crippen molar-refractivity contribution in [2.45, 2.75) is 39.5 Å². The smallest absolute Gasteiger partial charge is 0.216 e. The zero-order valence-electron chi connectivity index (χ0n) is 13.2. The van der Waals surface area contributed by atoms with Crippen LogP contribution in [0.1, 0.15) is 50.9 Å². The van der Waals surface area contributed by atoms with Crippen molar-refractivity contribution in [3.8, 4) is 5.75 Å². The maximum atomic E-state index is 5.43. The van der Waals surface area contributed by atoms with Crippen LogP contribution in [-0.4, -0.2) is 27.7 Å². The molecule has 0 amide bonds. The zero-order chi connectivity index (χ0) is 15.9. The topological polar surface area (TPSA) is 55.2 Å². The maximum Gasteiger partial charge on any atom is 0.216 e. The molecule has 2 rings (SSSR count). The van der Waals surface area contributed by atoms with E-state index in [-0.39, 0.29) is 0 Å². The molecule has 1 heterocycles. The van der Waals surface area contributed by atoms with Crippen molar-refractivity contribution in [2.75, 3.05) is 6.61 Å². The predicted molar refractivity (Wildman–Crippen MR) is 91.3 cm³/mol. The van der Waals surface area contributed by atoms with Gasteiger partial charge >= 0.3 is 0 Å². The molecule has 0 fully saturated rings. The molecule has 1 aromatic carbocycles. The molecular weight excluding hydrogens is 296 g/mol. The molecule has 0 atom stereocenters. The van der Waals surface area contributed by atoms with E-state index in [0.717, 1.165) is 30.0 Å². The highest BCUT2D eigenvalue weighted by Crippen LogP contribution is 2.21. The lowest BCUT2D eigenvalue weighted by Crippen LogP contribution is -2.05. The molecule has 5 nitrogen and oxygen atoms in total. The van der Waals surface area contributed by atoms with Crippen LogP contribution >= 0.6 is 12.2 Å². The van der Waals surface area contributed by atoms with Crippen molar-refractivity contribution in [1.29, 1.82) is 0 Å². The fourth-order valence-electron chi connectivity index (χ4n) is 2.27. The Bertz CT molecular complexity index is 668. The van der Waals surface area contributed by atoms with Gasteiger partial charge in [-0.1, -0.05) is 13.8 Å². The fourth-order valence-corrected chi connectivity index (χ4v) is 2.46. The number of H-pyrrole nitrogens is 1. The van der Waals surface area contributed by atoms with Gasteiger partial charge in [-0.3, -0.25) is 5.10 Å². The molecule has 2 aromatic rings. The molecule has 0 bridgehead atoms. The van der Waals surface area contributed by atoms with Crippen molar-refractivity contribution in [1.82, 2.24) is 14.9 Å². The van der Waals surface area contributed by atoms with E-state index < -0.39 is 0 Å². The van der Waals surface area contributed by atoms with E-state index in [0.29, 0.717) is 17.3 Å². The Morgan fingerprint density at radius 2 is 1.95 bits per heavy atom. The maximum absolute atomic E-state index is 5.43. The minimum absolute atomic E-state index is 0.352. The first-order chi connectivity index (χ1) is 10.7. The molecule has 0 aliphatic rings. The molecular formula is C16H22N4OS. The summed E-state index contributed by atoms with van der Waals surface area (Å²) in [5, 5.41) is 11.6. The number of aromatic nitrogens is 3.